The van der Waals surface area contributed by atoms with Crippen molar-refractivity contribution in [1.29, 1.82) is 0 Å². The third-order valence-electron chi connectivity index (χ3n) is 5.77. The predicted octanol–water partition coefficient (Wildman–Crippen LogP) is 3.78. The standard InChI is InChI=1S/C22H27ClN4O5S3/c1-25(2)12-13-26(22-24-19-15(31-3)7-8-16(32-4)20(19)34-22)21(28)14-6-5-11-27(14)35(29,30)18-10-9-17(23)33-18/h7-10,14H,5-6,11-13H2,1-4H3. The number of aromatic nitrogens is 1. The van der Waals surface area contributed by atoms with Crippen molar-refractivity contribution in [2.75, 3.05) is 52.8 Å². The highest BCUT2D eigenvalue weighted by Crippen LogP contribution is 2.41. The van der Waals surface area contributed by atoms with E-state index in [0.29, 0.717) is 52.4 Å². The lowest BCUT2D eigenvalue weighted by Gasteiger charge is -2.29. The Morgan fingerprint density at radius 1 is 1.14 bits per heavy atom. The molecule has 1 amide bonds. The number of carbonyl (C=O) groups is 1. The third-order valence-corrected chi connectivity index (χ3v) is 10.5. The molecule has 190 valence electrons. The first-order valence-corrected chi connectivity index (χ1v) is 14.4. The SMILES string of the molecule is COc1ccc(OC)c2sc(N(CCN(C)C)C(=O)C3CCCN3S(=O)(=O)c3ccc(Cl)s3)nc12. The summed E-state index contributed by atoms with van der Waals surface area (Å²) in [7, 11) is 3.12. The first kappa shape index (κ1) is 26.1. The van der Waals surface area contributed by atoms with Gasteiger partial charge in [-0.25, -0.2) is 13.4 Å². The van der Waals surface area contributed by atoms with E-state index >= 15 is 0 Å². The van der Waals surface area contributed by atoms with Gasteiger partial charge in [0.25, 0.3) is 10.0 Å². The van der Waals surface area contributed by atoms with E-state index in [1.807, 2.05) is 19.0 Å². The normalized spacial score (nSPS) is 16.8. The van der Waals surface area contributed by atoms with E-state index < -0.39 is 16.1 Å². The molecule has 0 spiro atoms. The van der Waals surface area contributed by atoms with Gasteiger partial charge in [-0.1, -0.05) is 22.9 Å². The number of ether oxygens (including phenoxy) is 2. The van der Waals surface area contributed by atoms with E-state index in [9.17, 15) is 13.2 Å². The second kappa shape index (κ2) is 10.6. The number of sulfonamides is 1. The van der Waals surface area contributed by atoms with Crippen molar-refractivity contribution in [1.82, 2.24) is 14.2 Å². The topological polar surface area (TPSA) is 92.3 Å². The number of anilines is 1. The quantitative estimate of drug-likeness (QED) is 0.394. The van der Waals surface area contributed by atoms with Crippen molar-refractivity contribution in [3.05, 3.63) is 28.6 Å². The fraction of sp³-hybridized carbons (Fsp3) is 0.455. The van der Waals surface area contributed by atoms with Crippen LogP contribution in [0.2, 0.25) is 4.34 Å². The van der Waals surface area contributed by atoms with E-state index in [2.05, 4.69) is 0 Å². The van der Waals surface area contributed by atoms with Crippen LogP contribution >= 0.6 is 34.3 Å². The molecule has 1 saturated heterocycles. The van der Waals surface area contributed by atoms with Crippen molar-refractivity contribution in [2.24, 2.45) is 0 Å². The van der Waals surface area contributed by atoms with E-state index in [1.165, 1.54) is 21.7 Å². The Morgan fingerprint density at radius 2 is 1.86 bits per heavy atom. The fourth-order valence-corrected chi connectivity index (χ4v) is 8.37. The highest BCUT2D eigenvalue weighted by Gasteiger charge is 2.42. The molecule has 0 N–H and O–H groups in total. The second-order valence-electron chi connectivity index (χ2n) is 8.27. The highest BCUT2D eigenvalue weighted by atomic mass is 35.5. The van der Waals surface area contributed by atoms with Crippen LogP contribution in [-0.2, 0) is 14.8 Å². The number of thiazole rings is 1. The lowest BCUT2D eigenvalue weighted by Crippen LogP contribution is -2.49. The van der Waals surface area contributed by atoms with Gasteiger partial charge in [-0.3, -0.25) is 9.69 Å². The Labute approximate surface area is 217 Å². The van der Waals surface area contributed by atoms with Crippen LogP contribution in [0.25, 0.3) is 10.2 Å². The molecule has 0 saturated carbocycles. The van der Waals surface area contributed by atoms with Crippen LogP contribution in [-0.4, -0.2) is 82.5 Å². The molecular weight excluding hydrogens is 532 g/mol. The molecule has 1 aliphatic rings. The zero-order valence-corrected chi connectivity index (χ0v) is 23.1. The monoisotopic (exact) mass is 558 g/mol. The zero-order valence-electron chi connectivity index (χ0n) is 19.9. The Balaban J connectivity index is 1.73. The predicted molar refractivity (Wildman–Crippen MR) is 140 cm³/mol. The molecule has 3 aromatic rings. The molecule has 4 rings (SSSR count). The Bertz CT molecular complexity index is 1280. The smallest absolute Gasteiger partial charge is 0.253 e. The first-order chi connectivity index (χ1) is 16.7. The number of likely N-dealkylation sites (N-methyl/N-ethyl adjacent to an activating group) is 1. The number of methoxy groups -OCH3 is 2. The maximum atomic E-state index is 13.9. The van der Waals surface area contributed by atoms with E-state index in [1.54, 1.807) is 37.3 Å². The summed E-state index contributed by atoms with van der Waals surface area (Å²) >= 11 is 8.30. The van der Waals surface area contributed by atoms with Gasteiger partial charge in [0.1, 0.15) is 32.0 Å². The number of fused-ring (bicyclic) bond motifs is 1. The van der Waals surface area contributed by atoms with Gasteiger partial charge in [0.2, 0.25) is 5.91 Å². The van der Waals surface area contributed by atoms with Crippen LogP contribution in [0, 0.1) is 0 Å². The van der Waals surface area contributed by atoms with Gasteiger partial charge >= 0.3 is 0 Å². The molecule has 1 unspecified atom stereocenters. The minimum absolute atomic E-state index is 0.136. The molecule has 13 heteroatoms. The summed E-state index contributed by atoms with van der Waals surface area (Å²) in [6.45, 7) is 1.21. The number of nitrogens with zero attached hydrogens (tertiary/aromatic N) is 4. The first-order valence-electron chi connectivity index (χ1n) is 10.9. The number of benzene rings is 1. The number of hydrogen-bond donors (Lipinski definition) is 0. The van der Waals surface area contributed by atoms with Gasteiger partial charge in [0, 0.05) is 19.6 Å². The van der Waals surface area contributed by atoms with Crippen LogP contribution < -0.4 is 14.4 Å². The molecule has 3 heterocycles. The molecule has 1 fully saturated rings. The minimum Gasteiger partial charge on any atom is -0.495 e. The highest BCUT2D eigenvalue weighted by molar-refractivity contribution is 7.91. The number of hydrogen-bond acceptors (Lipinski definition) is 9. The minimum atomic E-state index is -3.85. The molecule has 0 aliphatic carbocycles. The van der Waals surface area contributed by atoms with Crippen LogP contribution in [0.15, 0.2) is 28.5 Å². The largest absolute Gasteiger partial charge is 0.495 e. The Kier molecular flexibility index (Phi) is 7.89. The number of rotatable bonds is 9. The van der Waals surface area contributed by atoms with E-state index in [-0.39, 0.29) is 16.7 Å². The van der Waals surface area contributed by atoms with Crippen LogP contribution in [0.5, 0.6) is 11.5 Å². The molecule has 35 heavy (non-hydrogen) atoms. The van der Waals surface area contributed by atoms with Gasteiger partial charge in [-0.15, -0.1) is 11.3 Å². The van der Waals surface area contributed by atoms with Crippen molar-refractivity contribution in [2.45, 2.75) is 23.1 Å². The van der Waals surface area contributed by atoms with Gasteiger partial charge in [-0.05, 0) is 51.2 Å². The van der Waals surface area contributed by atoms with Crippen LogP contribution in [0.3, 0.4) is 0 Å². The summed E-state index contributed by atoms with van der Waals surface area (Å²) in [4.78, 5) is 22.2. The summed E-state index contributed by atoms with van der Waals surface area (Å²) in [6, 6.07) is 5.79. The summed E-state index contributed by atoms with van der Waals surface area (Å²) in [6.07, 6.45) is 1.03. The van der Waals surface area contributed by atoms with Gasteiger partial charge in [0.05, 0.1) is 18.6 Å². The number of carbonyl (C=O) groups excluding carboxylic acids is 1. The molecule has 9 nitrogen and oxygen atoms in total. The van der Waals surface area contributed by atoms with E-state index in [4.69, 9.17) is 26.1 Å². The fourth-order valence-electron chi connectivity index (χ4n) is 4.00. The third kappa shape index (κ3) is 5.13. The summed E-state index contributed by atoms with van der Waals surface area (Å²) < 4.78 is 40.2. The van der Waals surface area contributed by atoms with Gasteiger partial charge < -0.3 is 14.4 Å². The Hall–Kier alpha value is -1.96. The molecule has 0 radical (unpaired) electrons. The van der Waals surface area contributed by atoms with Crippen molar-refractivity contribution >= 4 is 65.6 Å². The number of thiophene rings is 1. The lowest BCUT2D eigenvalue weighted by atomic mass is 10.2. The second-order valence-corrected chi connectivity index (χ2v) is 13.1. The summed E-state index contributed by atoms with van der Waals surface area (Å²) in [5.41, 5.74) is 0.596. The van der Waals surface area contributed by atoms with Crippen molar-refractivity contribution in [3.8, 4) is 11.5 Å². The maximum Gasteiger partial charge on any atom is 0.253 e. The van der Waals surface area contributed by atoms with Crippen LogP contribution in [0.1, 0.15) is 12.8 Å². The van der Waals surface area contributed by atoms with Crippen molar-refractivity contribution in [3.63, 3.8) is 0 Å². The number of amides is 1. The molecular formula is C22H27ClN4O5S3. The van der Waals surface area contributed by atoms with Gasteiger partial charge in [-0.2, -0.15) is 4.31 Å². The lowest BCUT2D eigenvalue weighted by molar-refractivity contribution is -0.121. The summed E-state index contributed by atoms with van der Waals surface area (Å²) in [5.74, 6) is 0.903. The van der Waals surface area contributed by atoms with Crippen LogP contribution in [0.4, 0.5) is 5.13 Å². The van der Waals surface area contributed by atoms with Crippen molar-refractivity contribution < 1.29 is 22.7 Å². The van der Waals surface area contributed by atoms with Gasteiger partial charge in [0.15, 0.2) is 5.13 Å². The summed E-state index contributed by atoms with van der Waals surface area (Å²) in [5, 5.41) is 0.470. The molecule has 0 bridgehead atoms. The average Bonchev–Trinajstić information content (AvgIpc) is 3.57. The number of halogens is 1. The molecule has 2 aromatic heterocycles. The zero-order chi connectivity index (χ0) is 25.3. The average molecular weight is 559 g/mol. The maximum absolute atomic E-state index is 13.9. The molecule has 1 atom stereocenters. The Morgan fingerprint density at radius 3 is 2.49 bits per heavy atom. The molecule has 1 aliphatic heterocycles. The van der Waals surface area contributed by atoms with E-state index in [0.717, 1.165) is 16.0 Å². The molecule has 1 aromatic carbocycles.